The molecule has 7 rings (SSSR count). The summed E-state index contributed by atoms with van der Waals surface area (Å²) in [5.74, 6) is -0.811. The van der Waals surface area contributed by atoms with Crippen LogP contribution in [0.25, 0.3) is 5.65 Å². The molecule has 2 unspecified atom stereocenters. The van der Waals surface area contributed by atoms with Crippen molar-refractivity contribution in [2.24, 2.45) is 5.41 Å². The van der Waals surface area contributed by atoms with Crippen molar-refractivity contribution in [3.63, 3.8) is 0 Å². The maximum atomic E-state index is 14.8. The van der Waals surface area contributed by atoms with Gasteiger partial charge in [0, 0.05) is 37.8 Å². The SMILES string of the molecule is CC(c1ccccc1)N1CC2(CCCN([C@@H](c3ccc(N4CCCc5c4cnc4cc(Cl)nn54)cc3)C(F)(F)F)C2=O)CC1=O. The molecule has 3 atom stereocenters. The first-order valence-electron chi connectivity index (χ1n) is 15.2. The number of carbonyl (C=O) groups excluding carboxylic acids is 2. The normalized spacial score (nSPS) is 21.9. The molecule has 2 amide bonds. The second kappa shape index (κ2) is 11.0. The van der Waals surface area contributed by atoms with Gasteiger partial charge in [-0.2, -0.15) is 18.3 Å². The van der Waals surface area contributed by atoms with Gasteiger partial charge in [-0.25, -0.2) is 9.50 Å². The first-order chi connectivity index (χ1) is 21.6. The molecule has 1 spiro atoms. The van der Waals surface area contributed by atoms with Gasteiger partial charge in [0.05, 0.1) is 29.0 Å². The van der Waals surface area contributed by atoms with Crippen LogP contribution in [-0.2, 0) is 16.0 Å². The zero-order chi connectivity index (χ0) is 31.5. The Kier molecular flexibility index (Phi) is 7.26. The lowest BCUT2D eigenvalue weighted by Gasteiger charge is -2.43. The van der Waals surface area contributed by atoms with E-state index < -0.39 is 23.5 Å². The molecule has 234 valence electrons. The number of hydrogen-bond donors (Lipinski definition) is 0. The number of benzene rings is 2. The summed E-state index contributed by atoms with van der Waals surface area (Å²) in [5.41, 5.74) is 2.83. The molecule has 2 fully saturated rings. The van der Waals surface area contributed by atoms with E-state index in [2.05, 4.69) is 10.1 Å². The number of aryl methyl sites for hydroxylation is 1. The van der Waals surface area contributed by atoms with Crippen LogP contribution < -0.4 is 4.90 Å². The van der Waals surface area contributed by atoms with Crippen LogP contribution in [0, 0.1) is 5.41 Å². The minimum Gasteiger partial charge on any atom is -0.339 e. The molecule has 4 aromatic rings. The average Bonchev–Trinajstić information content (AvgIpc) is 3.58. The third kappa shape index (κ3) is 5.10. The van der Waals surface area contributed by atoms with Gasteiger partial charge in [0.2, 0.25) is 11.8 Å². The lowest BCUT2D eigenvalue weighted by atomic mass is 9.77. The number of alkyl halides is 3. The van der Waals surface area contributed by atoms with Crippen LogP contribution in [0.5, 0.6) is 0 Å². The summed E-state index contributed by atoms with van der Waals surface area (Å²) >= 11 is 6.11. The molecular formula is C33H32ClF3N6O2. The summed E-state index contributed by atoms with van der Waals surface area (Å²) in [6, 6.07) is 15.0. The van der Waals surface area contributed by atoms with Gasteiger partial charge in [0.25, 0.3) is 0 Å². The van der Waals surface area contributed by atoms with Crippen molar-refractivity contribution < 1.29 is 22.8 Å². The number of carbonyl (C=O) groups is 2. The number of aromatic nitrogens is 3. The smallest absolute Gasteiger partial charge is 0.339 e. The number of halogens is 4. The highest BCUT2D eigenvalue weighted by molar-refractivity contribution is 6.29. The Balaban J connectivity index is 1.16. The molecule has 2 saturated heterocycles. The maximum Gasteiger partial charge on any atom is 0.413 e. The Labute approximate surface area is 263 Å². The van der Waals surface area contributed by atoms with Gasteiger partial charge < -0.3 is 14.7 Å². The zero-order valence-electron chi connectivity index (χ0n) is 24.7. The van der Waals surface area contributed by atoms with E-state index in [-0.39, 0.29) is 37.0 Å². The number of nitrogens with zero attached hydrogens (tertiary/aromatic N) is 6. The van der Waals surface area contributed by atoms with Gasteiger partial charge in [0.1, 0.15) is 0 Å². The highest BCUT2D eigenvalue weighted by Crippen LogP contribution is 2.48. The van der Waals surface area contributed by atoms with E-state index in [1.54, 1.807) is 33.8 Å². The number of piperidine rings is 1. The molecule has 3 aliphatic rings. The number of likely N-dealkylation sites (tertiary alicyclic amines) is 2. The van der Waals surface area contributed by atoms with E-state index in [9.17, 15) is 22.8 Å². The van der Waals surface area contributed by atoms with Crippen LogP contribution in [0.4, 0.5) is 24.5 Å². The molecule has 45 heavy (non-hydrogen) atoms. The van der Waals surface area contributed by atoms with E-state index in [1.807, 2.05) is 42.2 Å². The molecule has 2 aromatic heterocycles. The number of fused-ring (bicyclic) bond motifs is 3. The lowest BCUT2D eigenvalue weighted by molar-refractivity contribution is -0.200. The Morgan fingerprint density at radius 3 is 2.44 bits per heavy atom. The van der Waals surface area contributed by atoms with Crippen molar-refractivity contribution in [3.8, 4) is 0 Å². The van der Waals surface area contributed by atoms with Crippen LogP contribution in [0.3, 0.4) is 0 Å². The third-order valence-electron chi connectivity index (χ3n) is 9.56. The summed E-state index contributed by atoms with van der Waals surface area (Å²) in [5, 5.41) is 4.69. The van der Waals surface area contributed by atoms with E-state index in [4.69, 9.17) is 11.6 Å². The van der Waals surface area contributed by atoms with Crippen LogP contribution in [0.15, 0.2) is 66.9 Å². The summed E-state index contributed by atoms with van der Waals surface area (Å²) in [7, 11) is 0. The largest absolute Gasteiger partial charge is 0.413 e. The van der Waals surface area contributed by atoms with Crippen LogP contribution in [0.1, 0.15) is 61.5 Å². The molecule has 0 saturated carbocycles. The van der Waals surface area contributed by atoms with Crippen molar-refractivity contribution in [1.82, 2.24) is 24.4 Å². The highest BCUT2D eigenvalue weighted by atomic mass is 35.5. The van der Waals surface area contributed by atoms with Gasteiger partial charge in [-0.15, -0.1) is 0 Å². The Bertz CT molecular complexity index is 1760. The predicted molar refractivity (Wildman–Crippen MR) is 163 cm³/mol. The molecule has 8 nitrogen and oxygen atoms in total. The predicted octanol–water partition coefficient (Wildman–Crippen LogP) is 6.67. The molecule has 5 heterocycles. The zero-order valence-corrected chi connectivity index (χ0v) is 25.4. The fraction of sp³-hybridized carbons (Fsp3) is 0.394. The molecule has 0 N–H and O–H groups in total. The summed E-state index contributed by atoms with van der Waals surface area (Å²) in [4.78, 5) is 36.3. The van der Waals surface area contributed by atoms with Crippen molar-refractivity contribution in [3.05, 3.63) is 88.8 Å². The first-order valence-corrected chi connectivity index (χ1v) is 15.6. The van der Waals surface area contributed by atoms with Gasteiger partial charge in [0.15, 0.2) is 16.8 Å². The van der Waals surface area contributed by atoms with E-state index in [1.165, 1.54) is 12.1 Å². The number of anilines is 2. The highest BCUT2D eigenvalue weighted by Gasteiger charge is 2.57. The average molecular weight is 637 g/mol. The van der Waals surface area contributed by atoms with Crippen LogP contribution in [-0.4, -0.2) is 62.0 Å². The molecule has 0 radical (unpaired) electrons. The van der Waals surface area contributed by atoms with E-state index in [0.29, 0.717) is 35.9 Å². The summed E-state index contributed by atoms with van der Waals surface area (Å²) in [6.45, 7) is 2.64. The molecular weight excluding hydrogens is 605 g/mol. The minimum atomic E-state index is -4.71. The Hall–Kier alpha value is -4.12. The standard InChI is InChI=1S/C33H32ClF3N6O2/c1-21(22-7-3-2-4-8-22)42-20-32(18-29(42)44)14-6-16-41(31(32)45)30(33(35,36)37)23-10-12-24(13-11-23)40-15-5-9-25-26(40)19-38-28-17-27(34)39-43(25)28/h2-4,7-8,10-13,17,19,21,30H,5-6,9,14-16,18,20H2,1H3/t21?,30-,32?/m0/s1. The van der Waals surface area contributed by atoms with Crippen molar-refractivity contribution in [2.45, 2.75) is 57.3 Å². The Morgan fingerprint density at radius 1 is 0.956 bits per heavy atom. The molecule has 2 aromatic carbocycles. The van der Waals surface area contributed by atoms with Crippen molar-refractivity contribution in [2.75, 3.05) is 24.5 Å². The second-order valence-corrected chi connectivity index (χ2v) is 12.7. The monoisotopic (exact) mass is 636 g/mol. The van der Waals surface area contributed by atoms with Crippen LogP contribution in [0.2, 0.25) is 5.15 Å². The number of hydrogen-bond acceptors (Lipinski definition) is 5. The van der Waals surface area contributed by atoms with Gasteiger partial charge in [-0.1, -0.05) is 54.1 Å². The molecule has 0 aliphatic carbocycles. The van der Waals surface area contributed by atoms with Gasteiger partial charge >= 0.3 is 6.18 Å². The summed E-state index contributed by atoms with van der Waals surface area (Å²) < 4.78 is 46.2. The molecule has 0 bridgehead atoms. The quantitative estimate of drug-likeness (QED) is 0.245. The second-order valence-electron chi connectivity index (χ2n) is 12.3. The third-order valence-corrected chi connectivity index (χ3v) is 9.75. The fourth-order valence-corrected chi connectivity index (χ4v) is 7.54. The molecule has 12 heteroatoms. The first kappa shape index (κ1) is 29.6. The van der Waals surface area contributed by atoms with E-state index >= 15 is 0 Å². The summed E-state index contributed by atoms with van der Waals surface area (Å²) in [6.07, 6.45) is -0.694. The van der Waals surface area contributed by atoms with E-state index in [0.717, 1.165) is 34.7 Å². The van der Waals surface area contributed by atoms with Gasteiger partial charge in [-0.05, 0) is 55.9 Å². The Morgan fingerprint density at radius 2 is 1.71 bits per heavy atom. The van der Waals surface area contributed by atoms with Crippen molar-refractivity contribution in [1.29, 1.82) is 0 Å². The number of amides is 2. The topological polar surface area (TPSA) is 74.0 Å². The fourth-order valence-electron chi connectivity index (χ4n) is 7.36. The maximum absolute atomic E-state index is 14.8. The van der Waals surface area contributed by atoms with Crippen LogP contribution >= 0.6 is 11.6 Å². The number of rotatable bonds is 5. The van der Waals surface area contributed by atoms with Crippen molar-refractivity contribution >= 4 is 40.4 Å². The molecule has 3 aliphatic heterocycles. The minimum absolute atomic E-state index is 0.0137. The van der Waals surface area contributed by atoms with Gasteiger partial charge in [-0.3, -0.25) is 9.59 Å². The lowest BCUT2D eigenvalue weighted by Crippen LogP contribution is -2.54.